The molecule has 10 heavy (non-hydrogen) atoms. The van der Waals surface area contributed by atoms with Crippen molar-refractivity contribution in [3.8, 4) is 0 Å². The van der Waals surface area contributed by atoms with Gasteiger partial charge in [-0.25, -0.2) is 0 Å². The predicted octanol–water partition coefficient (Wildman–Crippen LogP) is 1.89. The zero-order chi connectivity index (χ0) is 7.82. The molecule has 4 heteroatoms. The van der Waals surface area contributed by atoms with Crippen molar-refractivity contribution in [2.45, 2.75) is 20.3 Å². The molecule has 0 radical (unpaired) electrons. The van der Waals surface area contributed by atoms with Crippen molar-refractivity contribution in [2.24, 2.45) is 11.0 Å². The van der Waals surface area contributed by atoms with Crippen molar-refractivity contribution >= 4 is 0 Å². The summed E-state index contributed by atoms with van der Waals surface area (Å²) in [4.78, 5) is 2.61. The van der Waals surface area contributed by atoms with E-state index < -0.39 is 0 Å². The van der Waals surface area contributed by atoms with Crippen LogP contribution < -0.4 is 5.32 Å². The van der Waals surface area contributed by atoms with Crippen LogP contribution in [0.4, 0.5) is 0 Å². The zero-order valence-corrected chi connectivity index (χ0v) is 6.54. The lowest BCUT2D eigenvalue weighted by Gasteiger charge is -2.02. The SMILES string of the molecule is CC(C)CCNCN=[N+]=[N-]. The van der Waals surface area contributed by atoms with E-state index in [9.17, 15) is 0 Å². The molecule has 0 atom stereocenters. The third-order valence-electron chi connectivity index (χ3n) is 1.14. The summed E-state index contributed by atoms with van der Waals surface area (Å²) in [5, 5.41) is 6.34. The quantitative estimate of drug-likeness (QED) is 0.271. The number of rotatable bonds is 5. The zero-order valence-electron chi connectivity index (χ0n) is 6.54. The summed E-state index contributed by atoms with van der Waals surface area (Å²) in [6, 6.07) is 0. The maximum Gasteiger partial charge on any atom is 0.0746 e. The van der Waals surface area contributed by atoms with Crippen molar-refractivity contribution in [3.63, 3.8) is 0 Å². The summed E-state index contributed by atoms with van der Waals surface area (Å²) in [6.45, 7) is 5.66. The van der Waals surface area contributed by atoms with Gasteiger partial charge in [-0.1, -0.05) is 19.0 Å². The van der Waals surface area contributed by atoms with Gasteiger partial charge in [0.25, 0.3) is 0 Å². The maximum absolute atomic E-state index is 7.89. The van der Waals surface area contributed by atoms with Crippen LogP contribution in [-0.4, -0.2) is 13.2 Å². The summed E-state index contributed by atoms with van der Waals surface area (Å²) in [7, 11) is 0. The van der Waals surface area contributed by atoms with Gasteiger partial charge in [0.2, 0.25) is 0 Å². The van der Waals surface area contributed by atoms with E-state index in [1.165, 1.54) is 0 Å². The van der Waals surface area contributed by atoms with Gasteiger partial charge in [0.05, 0.1) is 6.67 Å². The largest absolute Gasteiger partial charge is 0.311 e. The fraction of sp³-hybridized carbons (Fsp3) is 1.00. The molecule has 1 N–H and O–H groups in total. The van der Waals surface area contributed by atoms with Crippen LogP contribution in [0.5, 0.6) is 0 Å². The number of hydrogen-bond donors (Lipinski definition) is 1. The Morgan fingerprint density at radius 3 is 2.80 bits per heavy atom. The van der Waals surface area contributed by atoms with Crippen LogP contribution in [0.1, 0.15) is 20.3 Å². The number of nitrogens with zero attached hydrogens (tertiary/aromatic N) is 3. The molecule has 4 nitrogen and oxygen atoms in total. The first-order valence-corrected chi connectivity index (χ1v) is 3.49. The monoisotopic (exact) mass is 142 g/mol. The standard InChI is InChI=1S/C6H14N4/c1-6(2)3-4-8-5-9-10-7/h6,8H,3-5H2,1-2H3. The first kappa shape index (κ1) is 9.27. The average molecular weight is 142 g/mol. The predicted molar refractivity (Wildman–Crippen MR) is 41.5 cm³/mol. The second-order valence-electron chi connectivity index (χ2n) is 2.57. The molecule has 0 aromatic rings. The summed E-state index contributed by atoms with van der Waals surface area (Å²) in [6.07, 6.45) is 1.13. The normalized spacial score (nSPS) is 9.50. The molecule has 0 rings (SSSR count). The minimum atomic E-state index is 0.406. The summed E-state index contributed by atoms with van der Waals surface area (Å²) in [5.41, 5.74) is 7.89. The number of azide groups is 1. The van der Waals surface area contributed by atoms with Crippen LogP contribution in [0.2, 0.25) is 0 Å². The third kappa shape index (κ3) is 7.27. The van der Waals surface area contributed by atoms with Gasteiger partial charge < -0.3 is 5.32 Å². The van der Waals surface area contributed by atoms with E-state index in [4.69, 9.17) is 5.53 Å². The van der Waals surface area contributed by atoms with Crippen LogP contribution in [0.15, 0.2) is 5.11 Å². The Labute approximate surface area is 61.2 Å². The van der Waals surface area contributed by atoms with Gasteiger partial charge in [0.15, 0.2) is 0 Å². The lowest BCUT2D eigenvalue weighted by atomic mass is 10.1. The van der Waals surface area contributed by atoms with E-state index in [2.05, 4.69) is 29.2 Å². The second-order valence-corrected chi connectivity index (χ2v) is 2.57. The molecule has 0 aromatic heterocycles. The highest BCUT2D eigenvalue weighted by Crippen LogP contribution is 1.95. The molecule has 0 unspecified atom stereocenters. The lowest BCUT2D eigenvalue weighted by Crippen LogP contribution is -2.16. The van der Waals surface area contributed by atoms with Crippen LogP contribution in [0.25, 0.3) is 10.4 Å². The van der Waals surface area contributed by atoms with Crippen molar-refractivity contribution < 1.29 is 0 Å². The molecule has 0 fully saturated rings. The molecule has 0 bridgehead atoms. The minimum absolute atomic E-state index is 0.406. The van der Waals surface area contributed by atoms with Crippen LogP contribution in [-0.2, 0) is 0 Å². The highest BCUT2D eigenvalue weighted by molar-refractivity contribution is 4.50. The van der Waals surface area contributed by atoms with Gasteiger partial charge in [-0.2, -0.15) is 0 Å². The van der Waals surface area contributed by atoms with Gasteiger partial charge in [0.1, 0.15) is 0 Å². The molecule has 0 aromatic carbocycles. The molecule has 0 aliphatic heterocycles. The van der Waals surface area contributed by atoms with E-state index in [0.717, 1.165) is 13.0 Å². The van der Waals surface area contributed by atoms with Crippen LogP contribution in [0.3, 0.4) is 0 Å². The Morgan fingerprint density at radius 2 is 2.30 bits per heavy atom. The second kappa shape index (κ2) is 6.39. The van der Waals surface area contributed by atoms with Gasteiger partial charge in [-0.15, -0.1) is 0 Å². The fourth-order valence-electron chi connectivity index (χ4n) is 0.551. The topological polar surface area (TPSA) is 60.8 Å². The van der Waals surface area contributed by atoms with Gasteiger partial charge in [0, 0.05) is 4.91 Å². The molecule has 0 aliphatic carbocycles. The molecule has 0 heterocycles. The van der Waals surface area contributed by atoms with Crippen LogP contribution in [0, 0.1) is 5.92 Å². The molecule has 0 amide bonds. The van der Waals surface area contributed by atoms with Crippen LogP contribution >= 0.6 is 0 Å². The molecule has 58 valence electrons. The van der Waals surface area contributed by atoms with Crippen molar-refractivity contribution in [3.05, 3.63) is 10.4 Å². The molecule has 0 saturated carbocycles. The Balaban J connectivity index is 2.98. The number of hydrogen-bond acceptors (Lipinski definition) is 2. The van der Waals surface area contributed by atoms with E-state index in [-0.39, 0.29) is 0 Å². The third-order valence-corrected chi connectivity index (χ3v) is 1.14. The number of nitrogens with one attached hydrogen (secondary N) is 1. The van der Waals surface area contributed by atoms with Gasteiger partial charge in [-0.3, -0.25) is 0 Å². The summed E-state index contributed by atoms with van der Waals surface area (Å²) < 4.78 is 0. The minimum Gasteiger partial charge on any atom is -0.311 e. The Kier molecular flexibility index (Phi) is 5.92. The highest BCUT2D eigenvalue weighted by Gasteiger charge is 1.90. The molecule has 0 spiro atoms. The highest BCUT2D eigenvalue weighted by atomic mass is 15.2. The lowest BCUT2D eigenvalue weighted by molar-refractivity contribution is 0.542. The maximum atomic E-state index is 7.89. The smallest absolute Gasteiger partial charge is 0.0746 e. The van der Waals surface area contributed by atoms with E-state index >= 15 is 0 Å². The molecular weight excluding hydrogens is 128 g/mol. The Morgan fingerprint density at radius 1 is 1.60 bits per heavy atom. The molecule has 0 aliphatic rings. The van der Waals surface area contributed by atoms with E-state index in [0.29, 0.717) is 12.6 Å². The first-order valence-electron chi connectivity index (χ1n) is 3.49. The van der Waals surface area contributed by atoms with Crippen molar-refractivity contribution in [1.82, 2.24) is 5.32 Å². The van der Waals surface area contributed by atoms with Gasteiger partial charge in [-0.05, 0) is 24.4 Å². The Hall–Kier alpha value is -0.730. The summed E-state index contributed by atoms with van der Waals surface area (Å²) >= 11 is 0. The van der Waals surface area contributed by atoms with E-state index in [1.54, 1.807) is 0 Å². The molecular formula is C6H14N4. The van der Waals surface area contributed by atoms with Gasteiger partial charge >= 0.3 is 0 Å². The fourth-order valence-corrected chi connectivity index (χ4v) is 0.551. The average Bonchev–Trinajstić information content (AvgIpc) is 1.87. The van der Waals surface area contributed by atoms with Crippen molar-refractivity contribution in [2.75, 3.05) is 13.2 Å². The summed E-state index contributed by atoms with van der Waals surface area (Å²) in [5.74, 6) is 0.707. The Bertz CT molecular complexity index is 115. The molecule has 0 saturated heterocycles. The van der Waals surface area contributed by atoms with Crippen molar-refractivity contribution in [1.29, 1.82) is 0 Å². The first-order chi connectivity index (χ1) is 4.77. The van der Waals surface area contributed by atoms with E-state index in [1.807, 2.05) is 0 Å².